The third-order valence-corrected chi connectivity index (χ3v) is 9.47. The molecule has 0 aliphatic carbocycles. The zero-order valence-electron chi connectivity index (χ0n) is 44.7. The number of cyclic esters (lactones) is 1. The third kappa shape index (κ3) is 10.6. The van der Waals surface area contributed by atoms with E-state index in [0.29, 0.717) is 82.0 Å². The van der Waals surface area contributed by atoms with Gasteiger partial charge in [-0.25, -0.2) is 9.18 Å². The number of nitrogens with zero attached hydrogens (tertiary/aromatic N) is 5. The number of carbonyl (C=O) groups is 3. The molecule has 12 nitrogen and oxygen atoms in total. The Morgan fingerprint density at radius 3 is 2.54 bits per heavy atom. The maximum Gasteiger partial charge on any atom is 0.410 e. The van der Waals surface area contributed by atoms with Crippen molar-refractivity contribution in [3.8, 4) is 0 Å². The van der Waals surface area contributed by atoms with Crippen LogP contribution in [-0.2, 0) is 25.6 Å². The highest BCUT2D eigenvalue weighted by Gasteiger charge is 2.29. The van der Waals surface area contributed by atoms with Gasteiger partial charge in [0.05, 0.1) is 12.5 Å². The molecular formula is C37H69FN6O6. The number of nitrogens with one attached hydrogen (secondary N) is 1. The lowest BCUT2D eigenvalue weighted by atomic mass is 9.91. The molecule has 0 radical (unpaired) electrons. The van der Waals surface area contributed by atoms with Crippen LogP contribution < -0.4 is 10.2 Å². The number of carbonyl (C=O) groups excluding carboxylic acids is 3. The fraction of sp³-hybridized carbons (Fsp3) is 0.568. The third-order valence-electron chi connectivity index (χ3n) is 9.47. The van der Waals surface area contributed by atoms with Crippen molar-refractivity contribution in [3.63, 3.8) is 0 Å². The van der Waals surface area contributed by atoms with Crippen LogP contribution in [-0.4, -0.2) is 113 Å². The number of halogens is 1. The van der Waals surface area contributed by atoms with Crippen molar-refractivity contribution in [1.29, 1.82) is 0 Å². The molecule has 1 aromatic heterocycles. The van der Waals surface area contributed by atoms with Gasteiger partial charge in [-0.15, -0.1) is 0 Å². The van der Waals surface area contributed by atoms with Gasteiger partial charge in [0.2, 0.25) is 5.91 Å². The molecule has 0 bridgehead atoms. The Balaban J connectivity index is -0.000000659. The van der Waals surface area contributed by atoms with Crippen molar-refractivity contribution in [2.75, 3.05) is 57.3 Å². The van der Waals surface area contributed by atoms with E-state index in [0.717, 1.165) is 0 Å². The fourth-order valence-corrected chi connectivity index (χ4v) is 6.54. The summed E-state index contributed by atoms with van der Waals surface area (Å²) in [5, 5.41) is 18.0. The standard InChI is InChI=1S/C36H49FN6O6.CH4.8H2/c1-25-5-7-31(44)23-34(46)49-35(26(2)6-8-32(25)48-36(47)42-13-10-38-11-14-42)27(3)19-28-20-29(37)22-30(21-28)40-15-17-41(18-16-40)33(45)24-43-12-4-9-39-43;;;;;;;;;/h4,6,8-9,12,19-22,25-26,31-32,35,38,44H,5,7,10-11,13-18,23-24H2,1-3H3;1H4;8*1H/b8-6+,27-19+;;;;;;;;;/t25-,26-,31+,32-,35-;;;;;;;;;/m0........./s1/i;;8*1+1D. The number of benzene rings is 1. The number of hydrogen-bond donors (Lipinski definition) is 2. The van der Waals surface area contributed by atoms with Crippen molar-refractivity contribution in [1.82, 2.24) is 24.9 Å². The number of piperazine rings is 2. The predicted molar refractivity (Wildman–Crippen MR) is 207 cm³/mol. The number of anilines is 1. The van der Waals surface area contributed by atoms with Crippen LogP contribution in [0, 0.1) is 17.7 Å². The van der Waals surface area contributed by atoms with E-state index in [2.05, 4.69) is 15.3 Å². The van der Waals surface area contributed by atoms with E-state index in [1.54, 1.807) is 32.9 Å². The molecule has 2 saturated heterocycles. The van der Waals surface area contributed by atoms with Crippen LogP contribution in [0.3, 0.4) is 0 Å². The molecule has 3 aliphatic rings. The van der Waals surface area contributed by atoms with Gasteiger partial charge in [0, 0.05) is 100 Å². The maximum atomic E-state index is 15.0. The first kappa shape index (κ1) is 28.5. The summed E-state index contributed by atoms with van der Waals surface area (Å²) >= 11 is 0. The van der Waals surface area contributed by atoms with Gasteiger partial charge in [-0.1, -0.05) is 33.4 Å². The van der Waals surface area contributed by atoms with Crippen molar-refractivity contribution in [3.05, 3.63) is 65.8 Å². The molecule has 4 heterocycles. The average Bonchev–Trinajstić information content (AvgIpc) is 3.89. The summed E-state index contributed by atoms with van der Waals surface area (Å²) in [6.45, 7) is 10.6. The van der Waals surface area contributed by atoms with Crippen LogP contribution in [0.2, 0.25) is 0 Å². The van der Waals surface area contributed by atoms with Crippen molar-refractivity contribution >= 4 is 29.7 Å². The number of hydrogen-bond acceptors (Lipinski definition) is 9. The smallest absolute Gasteiger partial charge is 0.410 e. The van der Waals surface area contributed by atoms with Crippen LogP contribution in [0.1, 0.15) is 76.8 Å². The molecule has 2 aromatic rings. The van der Waals surface area contributed by atoms with Gasteiger partial charge in [0.1, 0.15) is 24.6 Å². The van der Waals surface area contributed by atoms with E-state index in [1.807, 2.05) is 45.1 Å². The Morgan fingerprint density at radius 1 is 1.10 bits per heavy atom. The molecule has 3 aliphatic heterocycles. The minimum Gasteiger partial charge on any atom is -0.457 e. The van der Waals surface area contributed by atoms with Gasteiger partial charge in [-0.2, -0.15) is 5.10 Å². The van der Waals surface area contributed by atoms with E-state index in [-0.39, 0.29) is 44.2 Å². The zero-order chi connectivity index (χ0) is 50.9. The predicted octanol–water partition coefficient (Wildman–Crippen LogP) is 6.07. The summed E-state index contributed by atoms with van der Waals surface area (Å²) < 4.78 is 108. The van der Waals surface area contributed by atoms with E-state index in [9.17, 15) is 23.9 Å². The van der Waals surface area contributed by atoms with Crippen LogP contribution >= 0.6 is 0 Å². The molecule has 2 fully saturated rings. The van der Waals surface area contributed by atoms with E-state index in [1.165, 1.54) is 12.1 Å². The minimum absolute atomic E-state index is 0. The largest absolute Gasteiger partial charge is 0.457 e. The zero-order valence-corrected chi connectivity index (χ0v) is 28.7. The topological polar surface area (TPSA) is 129 Å². The van der Waals surface area contributed by atoms with Crippen LogP contribution in [0.15, 0.2) is 54.4 Å². The second-order valence-corrected chi connectivity index (χ2v) is 13.4. The number of rotatable bonds is 6. The summed E-state index contributed by atoms with van der Waals surface area (Å²) in [6.07, 6.45) is 7.25. The Kier molecular flexibility index (Phi) is 10.3. The summed E-state index contributed by atoms with van der Waals surface area (Å²) in [5.74, 6) is -1.33. The van der Waals surface area contributed by atoms with Crippen LogP contribution in [0.25, 0.3) is 6.08 Å². The van der Waals surface area contributed by atoms with Crippen LogP contribution in [0.5, 0.6) is 0 Å². The Morgan fingerprint density at radius 2 is 1.84 bits per heavy atom. The molecular weight excluding hydrogens is 643 g/mol. The maximum absolute atomic E-state index is 15.0. The molecule has 1 aromatic carbocycles. The molecule has 0 saturated carbocycles. The van der Waals surface area contributed by atoms with Crippen LogP contribution in [0.4, 0.5) is 14.9 Å². The Bertz CT molecular complexity index is 1540. The second-order valence-electron chi connectivity index (χ2n) is 13.4. The first-order chi connectivity index (χ1) is 31.5. The molecule has 290 valence electrons. The van der Waals surface area contributed by atoms with Gasteiger partial charge in [-0.3, -0.25) is 14.3 Å². The van der Waals surface area contributed by atoms with Gasteiger partial charge >= 0.3 is 12.1 Å². The Hall–Kier alpha value is -4.23. The highest BCUT2D eigenvalue weighted by molar-refractivity contribution is 5.76. The number of aromatic nitrogens is 2. The van der Waals surface area contributed by atoms with Gasteiger partial charge < -0.3 is 34.6 Å². The molecule has 13 heteroatoms. The second kappa shape index (κ2) is 18.1. The van der Waals surface area contributed by atoms with Crippen molar-refractivity contribution in [2.24, 2.45) is 11.8 Å². The highest BCUT2D eigenvalue weighted by atomic mass is 19.1. The van der Waals surface area contributed by atoms with E-state index in [4.69, 9.17) is 33.2 Å². The van der Waals surface area contributed by atoms with E-state index < -0.39 is 30.1 Å². The monoisotopic (exact) mass is 729 g/mol. The lowest BCUT2D eigenvalue weighted by Gasteiger charge is -2.36. The molecule has 2 amide bonds. The first-order valence-electron chi connectivity index (χ1n) is 25.3. The minimum atomic E-state index is -0.893. The average molecular weight is 729 g/mol. The lowest BCUT2D eigenvalue weighted by molar-refractivity contribution is -0.151. The molecule has 5 rings (SSSR count). The quantitative estimate of drug-likeness (QED) is 0.269. The number of amides is 2. The molecule has 5 atom stereocenters. The fourth-order valence-electron chi connectivity index (χ4n) is 6.54. The van der Waals surface area contributed by atoms with Crippen molar-refractivity contribution in [2.45, 2.75) is 72.3 Å². The summed E-state index contributed by atoms with van der Waals surface area (Å²) in [7, 11) is 0. The number of esters is 1. The highest BCUT2D eigenvalue weighted by Crippen LogP contribution is 2.27. The van der Waals surface area contributed by atoms with E-state index >= 15 is 0 Å². The molecule has 2 N–H and O–H groups in total. The Labute approximate surface area is 319 Å². The summed E-state index contributed by atoms with van der Waals surface area (Å²) in [5.41, 5.74) is 2.01. The number of aliphatic hydroxyl groups excluding tert-OH is 1. The van der Waals surface area contributed by atoms with Gasteiger partial charge in [-0.05, 0) is 67.2 Å². The number of aliphatic hydroxyl groups is 1. The lowest BCUT2D eigenvalue weighted by Crippen LogP contribution is -2.49. The number of ether oxygens (including phenoxy) is 2. The first-order valence-corrected chi connectivity index (χ1v) is 17.3. The molecule has 0 spiro atoms. The molecule has 50 heavy (non-hydrogen) atoms. The molecule has 0 unspecified atom stereocenters. The van der Waals surface area contributed by atoms with Crippen molar-refractivity contribution < 1.29 is 57.1 Å². The summed E-state index contributed by atoms with van der Waals surface area (Å²) in [6, 6.07) is 6.59. The summed E-state index contributed by atoms with van der Waals surface area (Å²) in [4.78, 5) is 44.2. The van der Waals surface area contributed by atoms with Gasteiger partial charge in [0.25, 0.3) is 0 Å². The normalized spacial score (nSPS) is 27.5. The SMILES string of the molecule is C.C/C(=C\c1cc(F)cc(N2CCN(C(=O)Cn3cccn3)CC2)c1)[C@H]1OC(=O)C[C@H](O)CC[C@H](C)[C@@H](OC(=O)N2CCNCC2)/C=C/[C@@H]1C.[2H][2H].[2H][2H].[2H][2H].[2H][2H].[2H][2H].[2H][2H].[2H][2H].[2H][2H]. The van der Waals surface area contributed by atoms with Gasteiger partial charge in [0.15, 0.2) is 0 Å².